The third kappa shape index (κ3) is 3.92. The highest BCUT2D eigenvalue weighted by Gasteiger charge is 2.14. The van der Waals surface area contributed by atoms with Gasteiger partial charge < -0.3 is 19.7 Å². The van der Waals surface area contributed by atoms with Gasteiger partial charge in [-0.1, -0.05) is 35.9 Å². The summed E-state index contributed by atoms with van der Waals surface area (Å²) < 4.78 is 11.1. The second kappa shape index (κ2) is 7.45. The minimum absolute atomic E-state index is 0.162. The van der Waals surface area contributed by atoms with Crippen molar-refractivity contribution in [3.05, 3.63) is 58.6 Å². The predicted octanol–water partition coefficient (Wildman–Crippen LogP) is 3.45. The summed E-state index contributed by atoms with van der Waals surface area (Å²) in [4.78, 5) is 13.8. The van der Waals surface area contributed by atoms with Crippen molar-refractivity contribution in [1.29, 1.82) is 0 Å². The quantitative estimate of drug-likeness (QED) is 0.922. The molecule has 2 aromatic carbocycles. The molecule has 0 fully saturated rings. The Morgan fingerprint density at radius 1 is 1.17 bits per heavy atom. The normalized spacial score (nSPS) is 12.6. The van der Waals surface area contributed by atoms with Gasteiger partial charge in [0.15, 0.2) is 11.5 Å². The number of ether oxygens (including phenoxy) is 2. The van der Waals surface area contributed by atoms with Crippen molar-refractivity contribution in [3.63, 3.8) is 0 Å². The first-order valence-corrected chi connectivity index (χ1v) is 8.12. The molecule has 0 radical (unpaired) electrons. The molecule has 0 saturated heterocycles. The van der Waals surface area contributed by atoms with Gasteiger partial charge in [0, 0.05) is 25.2 Å². The van der Waals surface area contributed by atoms with Crippen LogP contribution in [0.25, 0.3) is 0 Å². The van der Waals surface area contributed by atoms with Gasteiger partial charge in [-0.05, 0) is 29.3 Å². The number of amides is 2. The summed E-state index contributed by atoms with van der Waals surface area (Å²) in [5.74, 6) is 1.47. The molecule has 1 aliphatic rings. The molecule has 1 aliphatic heterocycles. The number of fused-ring (bicyclic) bond motifs is 1. The van der Waals surface area contributed by atoms with Crippen LogP contribution < -0.4 is 14.8 Å². The highest BCUT2D eigenvalue weighted by molar-refractivity contribution is 6.31. The summed E-state index contributed by atoms with van der Waals surface area (Å²) in [6.07, 6.45) is 0. The lowest BCUT2D eigenvalue weighted by Gasteiger charge is -2.21. The van der Waals surface area contributed by atoms with E-state index in [0.717, 1.165) is 22.6 Å². The molecule has 0 spiro atoms. The van der Waals surface area contributed by atoms with Crippen LogP contribution in [-0.4, -0.2) is 31.2 Å². The monoisotopic (exact) mass is 346 g/mol. The van der Waals surface area contributed by atoms with E-state index in [2.05, 4.69) is 5.32 Å². The Bertz CT molecular complexity index is 736. The molecule has 3 rings (SSSR count). The maximum Gasteiger partial charge on any atom is 0.317 e. The van der Waals surface area contributed by atoms with Crippen LogP contribution in [0.4, 0.5) is 4.79 Å². The van der Waals surface area contributed by atoms with E-state index in [1.165, 1.54) is 0 Å². The van der Waals surface area contributed by atoms with Crippen LogP contribution in [0.1, 0.15) is 11.1 Å². The molecule has 2 aromatic rings. The molecule has 0 aliphatic carbocycles. The van der Waals surface area contributed by atoms with Crippen LogP contribution in [0, 0.1) is 0 Å². The Morgan fingerprint density at radius 3 is 2.71 bits per heavy atom. The van der Waals surface area contributed by atoms with E-state index in [0.29, 0.717) is 31.3 Å². The van der Waals surface area contributed by atoms with Gasteiger partial charge in [-0.2, -0.15) is 0 Å². The molecule has 0 unspecified atom stereocenters. The largest absolute Gasteiger partial charge is 0.486 e. The second-order valence-electron chi connectivity index (χ2n) is 5.58. The Kier molecular flexibility index (Phi) is 5.11. The molecule has 24 heavy (non-hydrogen) atoms. The van der Waals surface area contributed by atoms with Gasteiger partial charge in [0.25, 0.3) is 0 Å². The smallest absolute Gasteiger partial charge is 0.317 e. The lowest BCUT2D eigenvalue weighted by molar-refractivity contribution is 0.171. The summed E-state index contributed by atoms with van der Waals surface area (Å²) in [6.45, 7) is 1.98. The third-order valence-electron chi connectivity index (χ3n) is 3.76. The van der Waals surface area contributed by atoms with E-state index in [1.54, 1.807) is 11.9 Å². The van der Waals surface area contributed by atoms with Crippen LogP contribution in [0.3, 0.4) is 0 Å². The van der Waals surface area contributed by atoms with Crippen molar-refractivity contribution in [2.75, 3.05) is 20.3 Å². The maximum atomic E-state index is 12.2. The van der Waals surface area contributed by atoms with Gasteiger partial charge >= 0.3 is 6.03 Å². The molecule has 2 amide bonds. The van der Waals surface area contributed by atoms with E-state index in [9.17, 15) is 4.79 Å². The molecule has 5 nitrogen and oxygen atoms in total. The maximum absolute atomic E-state index is 12.2. The summed E-state index contributed by atoms with van der Waals surface area (Å²) in [5.41, 5.74) is 1.87. The zero-order valence-electron chi connectivity index (χ0n) is 13.4. The van der Waals surface area contributed by atoms with Crippen molar-refractivity contribution in [3.8, 4) is 11.5 Å². The zero-order chi connectivity index (χ0) is 16.9. The van der Waals surface area contributed by atoms with E-state index in [1.807, 2.05) is 42.5 Å². The number of nitrogens with zero attached hydrogens (tertiary/aromatic N) is 1. The average molecular weight is 347 g/mol. The Labute approximate surface area is 146 Å². The van der Waals surface area contributed by atoms with Gasteiger partial charge in [0.05, 0.1) is 0 Å². The molecule has 0 aromatic heterocycles. The average Bonchev–Trinajstić information content (AvgIpc) is 2.60. The van der Waals surface area contributed by atoms with Crippen molar-refractivity contribution in [2.45, 2.75) is 13.1 Å². The Morgan fingerprint density at radius 2 is 1.92 bits per heavy atom. The highest BCUT2D eigenvalue weighted by atomic mass is 35.5. The number of carbonyl (C=O) groups is 1. The molecule has 6 heteroatoms. The van der Waals surface area contributed by atoms with Crippen LogP contribution >= 0.6 is 11.6 Å². The topological polar surface area (TPSA) is 50.8 Å². The summed E-state index contributed by atoms with van der Waals surface area (Å²) in [6, 6.07) is 13.0. The van der Waals surface area contributed by atoms with Gasteiger partial charge in [0.1, 0.15) is 13.2 Å². The SMILES string of the molecule is CN(Cc1ccc2c(c1)OCCO2)C(=O)NCc1ccccc1Cl. The summed E-state index contributed by atoms with van der Waals surface area (Å²) in [5, 5.41) is 3.51. The van der Waals surface area contributed by atoms with Gasteiger partial charge in [-0.3, -0.25) is 0 Å². The van der Waals surface area contributed by atoms with Gasteiger partial charge in [-0.15, -0.1) is 0 Å². The fourth-order valence-electron chi connectivity index (χ4n) is 2.48. The molecule has 126 valence electrons. The summed E-state index contributed by atoms with van der Waals surface area (Å²) >= 11 is 6.09. The lowest BCUT2D eigenvalue weighted by atomic mass is 10.2. The number of benzene rings is 2. The first-order valence-electron chi connectivity index (χ1n) is 7.74. The molecule has 1 N–H and O–H groups in total. The Hall–Kier alpha value is -2.40. The number of rotatable bonds is 4. The predicted molar refractivity (Wildman–Crippen MR) is 92.6 cm³/mol. The number of carbonyl (C=O) groups excluding carboxylic acids is 1. The van der Waals surface area contributed by atoms with Crippen LogP contribution in [-0.2, 0) is 13.1 Å². The number of urea groups is 1. The standard InChI is InChI=1S/C18H19ClN2O3/c1-21(18(22)20-11-14-4-2-3-5-15(14)19)12-13-6-7-16-17(10-13)24-9-8-23-16/h2-7,10H,8-9,11-12H2,1H3,(H,20,22). The molecule has 1 heterocycles. The highest BCUT2D eigenvalue weighted by Crippen LogP contribution is 2.31. The van der Waals surface area contributed by atoms with Gasteiger partial charge in [-0.25, -0.2) is 4.79 Å². The minimum Gasteiger partial charge on any atom is -0.486 e. The fraction of sp³-hybridized carbons (Fsp3) is 0.278. The molecule has 0 atom stereocenters. The first-order chi connectivity index (χ1) is 11.6. The van der Waals surface area contributed by atoms with Crippen LogP contribution in [0.15, 0.2) is 42.5 Å². The van der Waals surface area contributed by atoms with E-state index in [4.69, 9.17) is 21.1 Å². The second-order valence-corrected chi connectivity index (χ2v) is 5.99. The van der Waals surface area contributed by atoms with E-state index in [-0.39, 0.29) is 6.03 Å². The molecular formula is C18H19ClN2O3. The lowest BCUT2D eigenvalue weighted by Crippen LogP contribution is -2.36. The molecule has 0 bridgehead atoms. The number of hydrogen-bond acceptors (Lipinski definition) is 3. The van der Waals surface area contributed by atoms with Crippen molar-refractivity contribution in [1.82, 2.24) is 10.2 Å². The van der Waals surface area contributed by atoms with E-state index >= 15 is 0 Å². The third-order valence-corrected chi connectivity index (χ3v) is 4.13. The van der Waals surface area contributed by atoms with Crippen LogP contribution in [0.2, 0.25) is 5.02 Å². The van der Waals surface area contributed by atoms with Crippen molar-refractivity contribution >= 4 is 17.6 Å². The van der Waals surface area contributed by atoms with Gasteiger partial charge in [0.2, 0.25) is 0 Å². The first kappa shape index (κ1) is 16.5. The zero-order valence-corrected chi connectivity index (χ0v) is 14.2. The van der Waals surface area contributed by atoms with Crippen molar-refractivity contribution in [2.24, 2.45) is 0 Å². The molecule has 0 saturated carbocycles. The molecular weight excluding hydrogens is 328 g/mol. The van der Waals surface area contributed by atoms with Crippen LogP contribution in [0.5, 0.6) is 11.5 Å². The number of hydrogen-bond donors (Lipinski definition) is 1. The summed E-state index contributed by atoms with van der Waals surface area (Å²) in [7, 11) is 1.75. The fourth-order valence-corrected chi connectivity index (χ4v) is 2.68. The van der Waals surface area contributed by atoms with Crippen molar-refractivity contribution < 1.29 is 14.3 Å². The van der Waals surface area contributed by atoms with E-state index < -0.39 is 0 Å². The Balaban J connectivity index is 1.57. The number of halogens is 1. The minimum atomic E-state index is -0.162. The number of nitrogens with one attached hydrogen (secondary N) is 1.